The Bertz CT molecular complexity index is 704. The molecule has 0 fully saturated rings. The summed E-state index contributed by atoms with van der Waals surface area (Å²) in [5, 5.41) is 0.708. The largest absolute Gasteiger partial charge is 0.318 e. The first-order valence-corrected chi connectivity index (χ1v) is 8.48. The van der Waals surface area contributed by atoms with Crippen LogP contribution in [-0.2, 0) is 0 Å². The Morgan fingerprint density at radius 2 is 1.71 bits per heavy atom. The predicted octanol–water partition coefficient (Wildman–Crippen LogP) is 3.42. The van der Waals surface area contributed by atoms with E-state index in [9.17, 15) is 4.79 Å². The molecule has 0 unspecified atom stereocenters. The van der Waals surface area contributed by atoms with E-state index in [0.717, 1.165) is 35.7 Å². The number of carbonyl (C=O) groups excluding carboxylic acids is 1. The van der Waals surface area contributed by atoms with Crippen LogP contribution in [-0.4, -0.2) is 60.9 Å². The van der Waals surface area contributed by atoms with Crippen LogP contribution >= 0.6 is 11.6 Å². The highest BCUT2D eigenvalue weighted by Gasteiger charge is 2.18. The number of hydrogen-bond acceptors (Lipinski definition) is 3. The second-order valence-corrected chi connectivity index (χ2v) is 7.00. The molecule has 0 aliphatic heterocycles. The lowest BCUT2D eigenvalue weighted by Gasteiger charge is -2.18. The molecule has 0 amide bonds. The molecule has 0 radical (unpaired) electrons. The van der Waals surface area contributed by atoms with E-state index in [1.165, 1.54) is 0 Å². The Balaban J connectivity index is 2.18. The summed E-state index contributed by atoms with van der Waals surface area (Å²) in [6, 6.07) is 9.66. The molecule has 0 atom stereocenters. The van der Waals surface area contributed by atoms with Crippen LogP contribution in [0.4, 0.5) is 0 Å². The van der Waals surface area contributed by atoms with E-state index < -0.39 is 0 Å². The van der Waals surface area contributed by atoms with Crippen LogP contribution in [0.3, 0.4) is 0 Å². The van der Waals surface area contributed by atoms with Crippen LogP contribution in [0.5, 0.6) is 0 Å². The van der Waals surface area contributed by atoms with Gasteiger partial charge in [-0.2, -0.15) is 0 Å². The fourth-order valence-corrected chi connectivity index (χ4v) is 2.94. The summed E-state index contributed by atoms with van der Waals surface area (Å²) in [5.74, 6) is 0.157. The monoisotopic (exact) mass is 347 g/mol. The number of carbonyl (C=O) groups is 1. The molecule has 0 N–H and O–H groups in total. The minimum Gasteiger partial charge on any atom is -0.318 e. The van der Waals surface area contributed by atoms with Gasteiger partial charge in [-0.1, -0.05) is 11.6 Å². The summed E-state index contributed by atoms with van der Waals surface area (Å²) in [6.45, 7) is 6.25. The molecule has 5 heteroatoms. The first-order valence-electron chi connectivity index (χ1n) is 8.11. The fourth-order valence-electron chi connectivity index (χ4n) is 2.81. The number of ketones is 1. The van der Waals surface area contributed by atoms with E-state index >= 15 is 0 Å². The number of halogens is 1. The average molecular weight is 348 g/mol. The fraction of sp³-hybridized carbons (Fsp3) is 0.421. The van der Waals surface area contributed by atoms with Gasteiger partial charge in [0.25, 0.3) is 0 Å². The number of Topliss-reactive ketones (excluding diaryl/α,β-unsaturated/α-hetero) is 1. The summed E-state index contributed by atoms with van der Waals surface area (Å²) >= 11 is 5.97. The van der Waals surface area contributed by atoms with Gasteiger partial charge < -0.3 is 9.47 Å². The van der Waals surface area contributed by atoms with Crippen molar-refractivity contribution in [2.75, 3.05) is 40.8 Å². The van der Waals surface area contributed by atoms with Gasteiger partial charge in [0.05, 0.1) is 6.54 Å². The lowest BCUT2D eigenvalue weighted by molar-refractivity contribution is 0.0942. The third-order valence-corrected chi connectivity index (χ3v) is 4.41. The van der Waals surface area contributed by atoms with Crippen LogP contribution < -0.4 is 0 Å². The number of aryl methyl sites for hydroxylation is 1. The van der Waals surface area contributed by atoms with Crippen molar-refractivity contribution in [2.24, 2.45) is 0 Å². The Morgan fingerprint density at radius 3 is 2.29 bits per heavy atom. The van der Waals surface area contributed by atoms with E-state index in [-0.39, 0.29) is 5.78 Å². The second-order valence-electron chi connectivity index (χ2n) is 6.56. The van der Waals surface area contributed by atoms with Crippen molar-refractivity contribution in [1.29, 1.82) is 0 Å². The van der Waals surface area contributed by atoms with Crippen LogP contribution in [0.1, 0.15) is 21.7 Å². The molecule has 0 aliphatic rings. The molecule has 0 spiro atoms. The van der Waals surface area contributed by atoms with E-state index in [1.54, 1.807) is 0 Å². The maximum atomic E-state index is 12.7. The Morgan fingerprint density at radius 1 is 1.08 bits per heavy atom. The van der Waals surface area contributed by atoms with Gasteiger partial charge in [0.2, 0.25) is 0 Å². The number of aromatic nitrogens is 1. The first-order chi connectivity index (χ1) is 11.3. The highest BCUT2D eigenvalue weighted by Crippen LogP contribution is 2.22. The Hall–Kier alpha value is -1.62. The number of nitrogens with zero attached hydrogens (tertiary/aromatic N) is 3. The van der Waals surface area contributed by atoms with Crippen molar-refractivity contribution in [3.63, 3.8) is 0 Å². The van der Waals surface area contributed by atoms with Crippen LogP contribution in [0.25, 0.3) is 5.69 Å². The van der Waals surface area contributed by atoms with Gasteiger partial charge in [0.15, 0.2) is 5.78 Å². The Labute approximate surface area is 149 Å². The number of benzene rings is 1. The SMILES string of the molecule is Cc1cc(C(=O)CN(C)CCN(C)C)c(C)n1-c1ccc(Cl)cc1. The molecule has 1 aromatic carbocycles. The number of rotatable bonds is 7. The summed E-state index contributed by atoms with van der Waals surface area (Å²) in [6.07, 6.45) is 0. The summed E-state index contributed by atoms with van der Waals surface area (Å²) < 4.78 is 2.10. The molecule has 1 heterocycles. The summed E-state index contributed by atoms with van der Waals surface area (Å²) in [7, 11) is 6.06. The lowest BCUT2D eigenvalue weighted by Crippen LogP contribution is -2.32. The van der Waals surface area contributed by atoms with Crippen molar-refractivity contribution in [1.82, 2.24) is 14.4 Å². The quantitative estimate of drug-likeness (QED) is 0.718. The molecular formula is C19H26ClN3O. The lowest BCUT2D eigenvalue weighted by atomic mass is 10.1. The van der Waals surface area contributed by atoms with Gasteiger partial charge in [-0.25, -0.2) is 0 Å². The number of likely N-dealkylation sites (N-methyl/N-ethyl adjacent to an activating group) is 2. The smallest absolute Gasteiger partial charge is 0.178 e. The van der Waals surface area contributed by atoms with E-state index in [1.807, 2.05) is 65.3 Å². The van der Waals surface area contributed by atoms with Gasteiger partial charge in [0.1, 0.15) is 0 Å². The molecule has 0 aliphatic carbocycles. The van der Waals surface area contributed by atoms with Crippen molar-refractivity contribution >= 4 is 17.4 Å². The average Bonchev–Trinajstić information content (AvgIpc) is 2.81. The maximum Gasteiger partial charge on any atom is 0.178 e. The maximum absolute atomic E-state index is 12.7. The van der Waals surface area contributed by atoms with Crippen molar-refractivity contribution in [3.8, 4) is 5.69 Å². The number of hydrogen-bond donors (Lipinski definition) is 0. The van der Waals surface area contributed by atoms with Crippen molar-refractivity contribution < 1.29 is 4.79 Å². The zero-order chi connectivity index (χ0) is 17.9. The van der Waals surface area contributed by atoms with Gasteiger partial charge in [-0.05, 0) is 65.3 Å². The second kappa shape index (κ2) is 7.97. The summed E-state index contributed by atoms with van der Waals surface area (Å²) in [4.78, 5) is 16.9. The highest BCUT2D eigenvalue weighted by atomic mass is 35.5. The molecule has 0 saturated carbocycles. The van der Waals surface area contributed by atoms with Gasteiger partial charge in [-0.3, -0.25) is 9.69 Å². The molecule has 130 valence electrons. The van der Waals surface area contributed by atoms with Gasteiger partial charge in [-0.15, -0.1) is 0 Å². The minimum atomic E-state index is 0.157. The zero-order valence-corrected chi connectivity index (χ0v) is 15.9. The first kappa shape index (κ1) is 18.7. The highest BCUT2D eigenvalue weighted by molar-refractivity contribution is 6.30. The minimum absolute atomic E-state index is 0.157. The molecule has 0 saturated heterocycles. The third-order valence-electron chi connectivity index (χ3n) is 4.16. The predicted molar refractivity (Wildman–Crippen MR) is 101 cm³/mol. The molecule has 2 aromatic rings. The van der Waals surface area contributed by atoms with E-state index in [2.05, 4.69) is 14.4 Å². The molecule has 1 aromatic heterocycles. The summed E-state index contributed by atoms with van der Waals surface area (Å²) in [5.41, 5.74) is 3.84. The molecular weight excluding hydrogens is 322 g/mol. The normalized spacial score (nSPS) is 11.5. The van der Waals surface area contributed by atoms with E-state index in [0.29, 0.717) is 11.6 Å². The molecule has 4 nitrogen and oxygen atoms in total. The third kappa shape index (κ3) is 4.47. The molecule has 2 rings (SSSR count). The van der Waals surface area contributed by atoms with Gasteiger partial charge in [0, 0.05) is 40.8 Å². The van der Waals surface area contributed by atoms with Gasteiger partial charge >= 0.3 is 0 Å². The molecule has 0 bridgehead atoms. The van der Waals surface area contributed by atoms with Crippen LogP contribution in [0, 0.1) is 13.8 Å². The zero-order valence-electron chi connectivity index (χ0n) is 15.1. The van der Waals surface area contributed by atoms with Crippen LogP contribution in [0.2, 0.25) is 5.02 Å². The standard InChI is InChI=1S/C19H26ClN3O/c1-14-12-18(19(24)13-22(5)11-10-21(3)4)15(2)23(14)17-8-6-16(20)7-9-17/h6-9,12H,10-11,13H2,1-5H3. The topological polar surface area (TPSA) is 28.5 Å². The Kier molecular flexibility index (Phi) is 6.21. The molecule has 24 heavy (non-hydrogen) atoms. The van der Waals surface area contributed by atoms with Crippen LogP contribution in [0.15, 0.2) is 30.3 Å². The van der Waals surface area contributed by atoms with Crippen molar-refractivity contribution in [2.45, 2.75) is 13.8 Å². The van der Waals surface area contributed by atoms with E-state index in [4.69, 9.17) is 11.6 Å². The van der Waals surface area contributed by atoms with Crippen molar-refractivity contribution in [3.05, 3.63) is 52.3 Å².